The summed E-state index contributed by atoms with van der Waals surface area (Å²) in [5.74, 6) is 0.565. The Morgan fingerprint density at radius 2 is 2.00 bits per heavy atom. The lowest BCUT2D eigenvalue weighted by molar-refractivity contribution is 0.298. The van der Waals surface area contributed by atoms with Gasteiger partial charge >= 0.3 is 0 Å². The number of ether oxygens (including phenoxy) is 1. The number of hydrogen-bond acceptors (Lipinski definition) is 3. The minimum Gasteiger partial charge on any atom is -0.497 e. The molecular formula is C19H24FN3OS. The van der Waals surface area contributed by atoms with Gasteiger partial charge in [-0.15, -0.1) is 0 Å². The fourth-order valence-electron chi connectivity index (χ4n) is 2.48. The van der Waals surface area contributed by atoms with Crippen LogP contribution in [0.5, 0.6) is 5.75 Å². The minimum absolute atomic E-state index is 0.115. The van der Waals surface area contributed by atoms with Crippen LogP contribution in [0.4, 0.5) is 10.1 Å². The van der Waals surface area contributed by atoms with Gasteiger partial charge < -0.3 is 20.3 Å². The smallest absolute Gasteiger partial charge is 0.170 e. The maximum atomic E-state index is 13.6. The normalized spacial score (nSPS) is 11.9. The number of hydrogen-bond donors (Lipinski definition) is 2. The number of thiocarbonyl (C=S) groups is 1. The maximum absolute atomic E-state index is 13.6. The minimum atomic E-state index is -0.254. The first kappa shape index (κ1) is 19.1. The molecule has 0 spiro atoms. The lowest BCUT2D eigenvalue weighted by Gasteiger charge is -2.26. The summed E-state index contributed by atoms with van der Waals surface area (Å²) in [6.45, 7) is 2.34. The third kappa shape index (κ3) is 5.41. The van der Waals surface area contributed by atoms with Gasteiger partial charge in [-0.1, -0.05) is 18.2 Å². The van der Waals surface area contributed by atoms with Crippen molar-refractivity contribution >= 4 is 23.0 Å². The molecule has 2 N–H and O–H groups in total. The van der Waals surface area contributed by atoms with Crippen molar-refractivity contribution in [2.24, 2.45) is 0 Å². The number of nitrogens with one attached hydrogen (secondary N) is 2. The van der Waals surface area contributed by atoms with E-state index in [1.807, 2.05) is 32.3 Å². The molecule has 6 heteroatoms. The highest BCUT2D eigenvalue weighted by Gasteiger charge is 2.15. The summed E-state index contributed by atoms with van der Waals surface area (Å²) in [4.78, 5) is 2.11. The molecule has 0 aliphatic heterocycles. The second-order valence-corrected chi connectivity index (χ2v) is 6.46. The van der Waals surface area contributed by atoms with E-state index in [1.165, 1.54) is 6.07 Å². The van der Waals surface area contributed by atoms with Gasteiger partial charge in [0.2, 0.25) is 0 Å². The van der Waals surface area contributed by atoms with Gasteiger partial charge in [-0.3, -0.25) is 0 Å². The number of anilines is 1. The molecule has 25 heavy (non-hydrogen) atoms. The lowest BCUT2D eigenvalue weighted by Crippen LogP contribution is -2.36. The zero-order valence-corrected chi connectivity index (χ0v) is 15.8. The van der Waals surface area contributed by atoms with Crippen LogP contribution in [0.15, 0.2) is 42.5 Å². The highest BCUT2D eigenvalue weighted by molar-refractivity contribution is 7.80. The van der Waals surface area contributed by atoms with Gasteiger partial charge in [0.1, 0.15) is 11.6 Å². The number of nitrogens with zero attached hydrogens (tertiary/aromatic N) is 1. The summed E-state index contributed by atoms with van der Waals surface area (Å²) < 4.78 is 18.9. The second kappa shape index (κ2) is 8.78. The molecule has 0 heterocycles. The first-order valence-corrected chi connectivity index (χ1v) is 8.43. The molecular weight excluding hydrogens is 337 g/mol. The fourth-order valence-corrected chi connectivity index (χ4v) is 2.68. The Balaban J connectivity index is 2.00. The molecule has 134 valence electrons. The quantitative estimate of drug-likeness (QED) is 0.767. The summed E-state index contributed by atoms with van der Waals surface area (Å²) in [5, 5.41) is 6.67. The van der Waals surface area contributed by atoms with E-state index in [0.717, 1.165) is 11.3 Å². The van der Waals surface area contributed by atoms with Crippen LogP contribution < -0.4 is 15.4 Å². The van der Waals surface area contributed by atoms with E-state index in [1.54, 1.807) is 26.2 Å². The summed E-state index contributed by atoms with van der Waals surface area (Å²) in [5.41, 5.74) is 2.36. The summed E-state index contributed by atoms with van der Waals surface area (Å²) in [6, 6.07) is 13.0. The van der Waals surface area contributed by atoms with Gasteiger partial charge in [0, 0.05) is 12.2 Å². The van der Waals surface area contributed by atoms with Crippen LogP contribution >= 0.6 is 12.2 Å². The van der Waals surface area contributed by atoms with Crippen molar-refractivity contribution < 1.29 is 9.13 Å². The molecule has 2 rings (SSSR count). The monoisotopic (exact) mass is 361 g/mol. The van der Waals surface area contributed by atoms with E-state index in [4.69, 9.17) is 17.0 Å². The average molecular weight is 361 g/mol. The molecule has 4 nitrogen and oxygen atoms in total. The maximum Gasteiger partial charge on any atom is 0.170 e. The molecule has 0 aliphatic rings. The summed E-state index contributed by atoms with van der Waals surface area (Å²) >= 11 is 5.33. The van der Waals surface area contributed by atoms with Crippen molar-refractivity contribution in [1.82, 2.24) is 10.2 Å². The molecule has 2 aromatic carbocycles. The lowest BCUT2D eigenvalue weighted by atomic mass is 10.1. The third-order valence-corrected chi connectivity index (χ3v) is 4.23. The molecule has 0 aromatic heterocycles. The molecule has 1 atom stereocenters. The number of benzene rings is 2. The average Bonchev–Trinajstić information content (AvgIpc) is 2.58. The Morgan fingerprint density at radius 1 is 1.24 bits per heavy atom. The molecule has 0 bridgehead atoms. The molecule has 0 aliphatic carbocycles. The van der Waals surface area contributed by atoms with E-state index in [2.05, 4.69) is 21.6 Å². The van der Waals surface area contributed by atoms with Gasteiger partial charge in [-0.25, -0.2) is 4.39 Å². The Morgan fingerprint density at radius 3 is 2.64 bits per heavy atom. The molecule has 0 saturated heterocycles. The van der Waals surface area contributed by atoms with Crippen LogP contribution in [0.2, 0.25) is 0 Å². The van der Waals surface area contributed by atoms with Gasteiger partial charge in [0.05, 0.1) is 13.2 Å². The molecule has 0 radical (unpaired) electrons. The SMILES string of the molecule is COc1cccc([C@H](CNC(=S)Nc2ccc(C)c(F)c2)N(C)C)c1. The van der Waals surface area contributed by atoms with E-state index in [9.17, 15) is 4.39 Å². The summed E-state index contributed by atoms with van der Waals surface area (Å²) in [7, 11) is 5.68. The Kier molecular flexibility index (Phi) is 6.73. The van der Waals surface area contributed by atoms with Gasteiger partial charge in [0.25, 0.3) is 0 Å². The van der Waals surface area contributed by atoms with Gasteiger partial charge in [-0.2, -0.15) is 0 Å². The Labute approximate surface area is 154 Å². The zero-order chi connectivity index (χ0) is 18.4. The highest BCUT2D eigenvalue weighted by Crippen LogP contribution is 2.22. The molecule has 2 aromatic rings. The first-order chi connectivity index (χ1) is 11.9. The van der Waals surface area contributed by atoms with E-state index in [0.29, 0.717) is 22.9 Å². The van der Waals surface area contributed by atoms with Gasteiger partial charge in [-0.05, 0) is 68.6 Å². The van der Waals surface area contributed by atoms with Crippen molar-refractivity contribution in [3.05, 3.63) is 59.4 Å². The van der Waals surface area contributed by atoms with Crippen LogP contribution in [0.25, 0.3) is 0 Å². The van der Waals surface area contributed by atoms with Crippen LogP contribution in [-0.4, -0.2) is 37.8 Å². The Hall–Kier alpha value is -2.18. The standard InChI is InChI=1S/C19H24FN3OS/c1-13-8-9-15(11-17(13)20)22-19(25)21-12-18(23(2)3)14-6-5-7-16(10-14)24-4/h5-11,18H,12H2,1-4H3,(H2,21,22,25)/t18-/m0/s1. The van der Waals surface area contributed by atoms with Crippen molar-refractivity contribution in [2.75, 3.05) is 33.1 Å². The van der Waals surface area contributed by atoms with E-state index in [-0.39, 0.29) is 11.9 Å². The highest BCUT2D eigenvalue weighted by atomic mass is 32.1. The molecule has 0 amide bonds. The number of halogens is 1. The largest absolute Gasteiger partial charge is 0.497 e. The van der Waals surface area contributed by atoms with E-state index < -0.39 is 0 Å². The van der Waals surface area contributed by atoms with E-state index >= 15 is 0 Å². The third-order valence-electron chi connectivity index (χ3n) is 3.99. The number of likely N-dealkylation sites (N-methyl/N-ethyl adjacent to an activating group) is 1. The number of methoxy groups -OCH3 is 1. The molecule has 0 unspecified atom stereocenters. The van der Waals surface area contributed by atoms with Crippen molar-refractivity contribution in [2.45, 2.75) is 13.0 Å². The number of rotatable bonds is 6. The van der Waals surface area contributed by atoms with Crippen molar-refractivity contribution in [3.8, 4) is 5.75 Å². The fraction of sp³-hybridized carbons (Fsp3) is 0.316. The van der Waals surface area contributed by atoms with Crippen LogP contribution in [0.1, 0.15) is 17.2 Å². The van der Waals surface area contributed by atoms with Crippen LogP contribution in [-0.2, 0) is 0 Å². The molecule has 0 saturated carbocycles. The van der Waals surface area contributed by atoms with Crippen molar-refractivity contribution in [1.29, 1.82) is 0 Å². The second-order valence-electron chi connectivity index (χ2n) is 6.06. The topological polar surface area (TPSA) is 36.5 Å². The van der Waals surface area contributed by atoms with Crippen LogP contribution in [0, 0.1) is 12.7 Å². The predicted octanol–water partition coefficient (Wildman–Crippen LogP) is 3.73. The van der Waals surface area contributed by atoms with Gasteiger partial charge in [0.15, 0.2) is 5.11 Å². The number of aryl methyl sites for hydroxylation is 1. The van der Waals surface area contributed by atoms with Crippen molar-refractivity contribution in [3.63, 3.8) is 0 Å². The van der Waals surface area contributed by atoms with Crippen LogP contribution in [0.3, 0.4) is 0 Å². The Bertz CT molecular complexity index is 736. The summed E-state index contributed by atoms with van der Waals surface area (Å²) in [6.07, 6.45) is 0. The first-order valence-electron chi connectivity index (χ1n) is 8.02. The predicted molar refractivity (Wildman–Crippen MR) is 105 cm³/mol. The molecule has 0 fully saturated rings. The zero-order valence-electron chi connectivity index (χ0n) is 15.0.